The SMILES string of the molecule is Cc1ccc(N2CC3(C2)CC(C#N)(Cc2cccnc2)C3)cc1Cl. The first-order valence-corrected chi connectivity index (χ1v) is 8.72. The highest BCUT2D eigenvalue weighted by atomic mass is 35.5. The van der Waals surface area contributed by atoms with E-state index in [0.29, 0.717) is 5.41 Å². The summed E-state index contributed by atoms with van der Waals surface area (Å²) in [4.78, 5) is 6.54. The molecule has 1 aliphatic heterocycles. The average molecular weight is 338 g/mol. The second-order valence-corrected chi connectivity index (χ2v) is 7.98. The standard InChI is InChI=1S/C20H20ClN3/c1-15-4-5-17(7-18(15)21)24-13-20(14-24)10-19(11-20,12-22)8-16-3-2-6-23-9-16/h2-7,9H,8,10-11,13-14H2,1H3. The van der Waals surface area contributed by atoms with E-state index >= 15 is 0 Å². The Morgan fingerprint density at radius 3 is 2.71 bits per heavy atom. The Hall–Kier alpha value is -2.05. The number of hydrogen-bond donors (Lipinski definition) is 0. The maximum Gasteiger partial charge on any atom is 0.0693 e. The van der Waals surface area contributed by atoms with E-state index in [1.165, 1.54) is 5.69 Å². The zero-order valence-electron chi connectivity index (χ0n) is 13.8. The summed E-state index contributed by atoms with van der Waals surface area (Å²) in [6.07, 6.45) is 6.45. The molecule has 1 aromatic carbocycles. The predicted octanol–water partition coefficient (Wildman–Crippen LogP) is 4.40. The third-order valence-electron chi connectivity index (χ3n) is 5.50. The van der Waals surface area contributed by atoms with Gasteiger partial charge in [0.05, 0.1) is 11.5 Å². The number of benzene rings is 1. The minimum Gasteiger partial charge on any atom is -0.370 e. The van der Waals surface area contributed by atoms with Crippen LogP contribution in [-0.4, -0.2) is 18.1 Å². The first kappa shape index (κ1) is 15.5. The third kappa shape index (κ3) is 2.56. The van der Waals surface area contributed by atoms with Crippen molar-refractivity contribution in [1.82, 2.24) is 4.98 Å². The monoisotopic (exact) mass is 337 g/mol. The van der Waals surface area contributed by atoms with Crippen LogP contribution in [0.25, 0.3) is 0 Å². The largest absolute Gasteiger partial charge is 0.370 e. The molecule has 1 aromatic heterocycles. The van der Waals surface area contributed by atoms with Gasteiger partial charge in [-0.05, 0) is 55.5 Å². The maximum atomic E-state index is 9.70. The number of hydrogen-bond acceptors (Lipinski definition) is 3. The molecule has 1 spiro atoms. The van der Waals surface area contributed by atoms with Gasteiger partial charge in [0.1, 0.15) is 0 Å². The summed E-state index contributed by atoms with van der Waals surface area (Å²) in [6, 6.07) is 12.9. The lowest BCUT2D eigenvalue weighted by molar-refractivity contribution is -0.0226. The maximum absolute atomic E-state index is 9.70. The molecule has 24 heavy (non-hydrogen) atoms. The van der Waals surface area contributed by atoms with Crippen molar-refractivity contribution in [3.05, 3.63) is 58.9 Å². The molecule has 0 unspecified atom stereocenters. The predicted molar refractivity (Wildman–Crippen MR) is 96.1 cm³/mol. The van der Waals surface area contributed by atoms with E-state index in [1.54, 1.807) is 6.20 Å². The molecule has 1 saturated carbocycles. The van der Waals surface area contributed by atoms with E-state index in [0.717, 1.165) is 48.5 Å². The molecule has 1 aliphatic carbocycles. The highest BCUT2D eigenvalue weighted by Gasteiger charge is 2.60. The topological polar surface area (TPSA) is 39.9 Å². The van der Waals surface area contributed by atoms with E-state index in [1.807, 2.05) is 19.2 Å². The van der Waals surface area contributed by atoms with Crippen molar-refractivity contribution >= 4 is 17.3 Å². The number of rotatable bonds is 3. The molecule has 2 fully saturated rings. The molecule has 1 saturated heterocycles. The zero-order valence-corrected chi connectivity index (χ0v) is 14.6. The molecule has 0 atom stereocenters. The fourth-order valence-corrected chi connectivity index (χ4v) is 4.64. The van der Waals surface area contributed by atoms with Crippen molar-refractivity contribution in [3.63, 3.8) is 0 Å². The fourth-order valence-electron chi connectivity index (χ4n) is 4.47. The second-order valence-electron chi connectivity index (χ2n) is 7.57. The smallest absolute Gasteiger partial charge is 0.0693 e. The average Bonchev–Trinajstić information content (AvgIpc) is 2.52. The number of nitrogens with zero attached hydrogens (tertiary/aromatic N) is 3. The van der Waals surface area contributed by atoms with Crippen LogP contribution in [0.1, 0.15) is 24.0 Å². The van der Waals surface area contributed by atoms with E-state index in [2.05, 4.69) is 40.2 Å². The molecular formula is C20H20ClN3. The number of halogens is 1. The van der Waals surface area contributed by atoms with Gasteiger partial charge in [-0.25, -0.2) is 0 Å². The number of aromatic nitrogens is 1. The van der Waals surface area contributed by atoms with Crippen molar-refractivity contribution < 1.29 is 0 Å². The Balaban J connectivity index is 1.40. The van der Waals surface area contributed by atoms with Crippen LogP contribution in [0.4, 0.5) is 5.69 Å². The molecule has 0 bridgehead atoms. The Bertz CT molecular complexity index is 795. The van der Waals surface area contributed by atoms with Gasteiger partial charge < -0.3 is 4.90 Å². The molecule has 0 N–H and O–H groups in total. The molecule has 2 aliphatic rings. The van der Waals surface area contributed by atoms with Crippen molar-refractivity contribution in [3.8, 4) is 6.07 Å². The Labute approximate surface area is 147 Å². The van der Waals surface area contributed by atoms with Crippen molar-refractivity contribution in [2.45, 2.75) is 26.2 Å². The summed E-state index contributed by atoms with van der Waals surface area (Å²) in [5.74, 6) is 0. The van der Waals surface area contributed by atoms with Crippen LogP contribution in [0.2, 0.25) is 5.02 Å². The molecule has 4 heteroatoms. The minimum atomic E-state index is -0.208. The summed E-state index contributed by atoms with van der Waals surface area (Å²) in [6.45, 7) is 4.08. The van der Waals surface area contributed by atoms with E-state index < -0.39 is 0 Å². The molecular weight excluding hydrogens is 318 g/mol. The van der Waals surface area contributed by atoms with Crippen LogP contribution in [-0.2, 0) is 6.42 Å². The van der Waals surface area contributed by atoms with Crippen molar-refractivity contribution in [2.75, 3.05) is 18.0 Å². The molecule has 4 rings (SSSR count). The number of anilines is 1. The Morgan fingerprint density at radius 1 is 1.29 bits per heavy atom. The second kappa shape index (κ2) is 5.50. The molecule has 122 valence electrons. The molecule has 0 radical (unpaired) electrons. The minimum absolute atomic E-state index is 0.208. The Morgan fingerprint density at radius 2 is 2.08 bits per heavy atom. The van der Waals surface area contributed by atoms with Crippen LogP contribution < -0.4 is 4.90 Å². The van der Waals surface area contributed by atoms with E-state index in [4.69, 9.17) is 11.6 Å². The van der Waals surface area contributed by atoms with Gasteiger partial charge in [0.2, 0.25) is 0 Å². The fraction of sp³-hybridized carbons (Fsp3) is 0.400. The van der Waals surface area contributed by atoms with Gasteiger partial charge in [-0.3, -0.25) is 4.98 Å². The lowest BCUT2D eigenvalue weighted by Gasteiger charge is -2.63. The first-order chi connectivity index (χ1) is 11.5. The van der Waals surface area contributed by atoms with Gasteiger partial charge in [0, 0.05) is 41.6 Å². The van der Waals surface area contributed by atoms with Crippen molar-refractivity contribution in [2.24, 2.45) is 10.8 Å². The lowest BCUT2D eigenvalue weighted by Crippen LogP contribution is -2.66. The summed E-state index contributed by atoms with van der Waals surface area (Å²) in [5.41, 5.74) is 3.57. The summed E-state index contributed by atoms with van der Waals surface area (Å²) in [7, 11) is 0. The summed E-state index contributed by atoms with van der Waals surface area (Å²) >= 11 is 6.24. The van der Waals surface area contributed by atoms with Crippen LogP contribution in [0.3, 0.4) is 0 Å². The zero-order chi connectivity index (χ0) is 16.8. The first-order valence-electron chi connectivity index (χ1n) is 8.35. The molecule has 2 heterocycles. The van der Waals surface area contributed by atoms with Gasteiger partial charge in [-0.15, -0.1) is 0 Å². The quantitative estimate of drug-likeness (QED) is 0.833. The van der Waals surface area contributed by atoms with E-state index in [9.17, 15) is 5.26 Å². The lowest BCUT2D eigenvalue weighted by atomic mass is 9.48. The van der Waals surface area contributed by atoms with E-state index in [-0.39, 0.29) is 5.41 Å². The number of aryl methyl sites for hydroxylation is 1. The molecule has 0 amide bonds. The van der Waals surface area contributed by atoms with Gasteiger partial charge in [-0.1, -0.05) is 23.7 Å². The highest BCUT2D eigenvalue weighted by Crippen LogP contribution is 2.60. The van der Waals surface area contributed by atoms with Crippen LogP contribution in [0, 0.1) is 29.1 Å². The van der Waals surface area contributed by atoms with Gasteiger partial charge in [0.25, 0.3) is 0 Å². The number of nitriles is 1. The third-order valence-corrected chi connectivity index (χ3v) is 5.91. The van der Waals surface area contributed by atoms with Crippen LogP contribution in [0.15, 0.2) is 42.7 Å². The van der Waals surface area contributed by atoms with Gasteiger partial charge in [-0.2, -0.15) is 5.26 Å². The van der Waals surface area contributed by atoms with Crippen LogP contribution in [0.5, 0.6) is 0 Å². The molecule has 3 nitrogen and oxygen atoms in total. The number of pyridine rings is 1. The van der Waals surface area contributed by atoms with Crippen molar-refractivity contribution in [1.29, 1.82) is 5.26 Å². The Kier molecular flexibility index (Phi) is 3.54. The van der Waals surface area contributed by atoms with Crippen LogP contribution >= 0.6 is 11.6 Å². The van der Waals surface area contributed by atoms with Gasteiger partial charge >= 0.3 is 0 Å². The summed E-state index contributed by atoms with van der Waals surface area (Å²) < 4.78 is 0. The molecule has 2 aromatic rings. The summed E-state index contributed by atoms with van der Waals surface area (Å²) in [5, 5.41) is 10.5. The van der Waals surface area contributed by atoms with Gasteiger partial charge in [0.15, 0.2) is 0 Å². The highest BCUT2D eigenvalue weighted by molar-refractivity contribution is 6.31. The normalized spacial score (nSPS) is 20.1.